The van der Waals surface area contributed by atoms with E-state index in [2.05, 4.69) is 33.8 Å². The number of thiophene rings is 1. The fraction of sp³-hybridized carbons (Fsp3) is 0.464. The lowest BCUT2D eigenvalue weighted by molar-refractivity contribution is -0.110. The fourth-order valence-electron chi connectivity index (χ4n) is 4.91. The second kappa shape index (κ2) is 10.2. The van der Waals surface area contributed by atoms with E-state index in [-0.39, 0.29) is 11.5 Å². The van der Waals surface area contributed by atoms with Crippen LogP contribution in [0.5, 0.6) is 0 Å². The summed E-state index contributed by atoms with van der Waals surface area (Å²) in [5.74, 6) is -3.10. The Labute approximate surface area is 195 Å². The highest BCUT2D eigenvalue weighted by Crippen LogP contribution is 2.45. The first-order valence-corrected chi connectivity index (χ1v) is 12.5. The van der Waals surface area contributed by atoms with Crippen LogP contribution in [0.3, 0.4) is 0 Å². The Hall–Kier alpha value is -2.07. The monoisotopic (exact) mass is 456 g/mol. The second-order valence-electron chi connectivity index (χ2n) is 8.87. The van der Waals surface area contributed by atoms with Gasteiger partial charge in [0.1, 0.15) is 6.29 Å². The zero-order valence-electron chi connectivity index (χ0n) is 19.9. The lowest BCUT2D eigenvalue weighted by atomic mass is 9.80. The summed E-state index contributed by atoms with van der Waals surface area (Å²) in [6, 6.07) is 6.69. The van der Waals surface area contributed by atoms with E-state index in [1.807, 2.05) is 23.5 Å². The number of benzene rings is 1. The highest BCUT2D eigenvalue weighted by molar-refractivity contribution is 7.12. The molecule has 0 saturated heterocycles. The molecule has 1 unspecified atom stereocenters. The molecule has 0 aliphatic heterocycles. The average molecular weight is 457 g/mol. The third kappa shape index (κ3) is 4.96. The van der Waals surface area contributed by atoms with E-state index in [4.69, 9.17) is 0 Å². The van der Waals surface area contributed by atoms with E-state index in [0.717, 1.165) is 74.0 Å². The summed E-state index contributed by atoms with van der Waals surface area (Å²) in [5.41, 5.74) is 6.74. The van der Waals surface area contributed by atoms with Crippen molar-refractivity contribution >= 4 is 23.2 Å². The summed E-state index contributed by atoms with van der Waals surface area (Å²) in [6.45, 7) is 9.36. The molecule has 1 aromatic heterocycles. The number of hydrogen-bond acceptors (Lipinski definition) is 2. The number of fused-ring (bicyclic) bond motifs is 1. The van der Waals surface area contributed by atoms with Gasteiger partial charge in [0.05, 0.1) is 0 Å². The standard InChI is InChI=1S/C28H34F2OS/c1-6-9-18(3)25(21(17-31)10-7-2)27(20-13-15-22(16-14-20)28(5,29)30)26-19(4)32-24-12-8-11-23(24)26/h9,13-17,21H,6-8,10-12H2,1-5H3/b18-9+,27-25+. The van der Waals surface area contributed by atoms with Crippen LogP contribution >= 0.6 is 11.3 Å². The van der Waals surface area contributed by atoms with Crippen molar-refractivity contribution in [3.63, 3.8) is 0 Å². The quantitative estimate of drug-likeness (QED) is 0.273. The Balaban J connectivity index is 2.37. The molecular formula is C28H34F2OS. The smallest absolute Gasteiger partial charge is 0.270 e. The van der Waals surface area contributed by atoms with Crippen molar-refractivity contribution in [1.82, 2.24) is 0 Å². The van der Waals surface area contributed by atoms with E-state index in [1.54, 1.807) is 0 Å². The third-order valence-electron chi connectivity index (χ3n) is 6.37. The lowest BCUT2D eigenvalue weighted by Gasteiger charge is -2.23. The first kappa shape index (κ1) is 24.6. The molecule has 0 N–H and O–H groups in total. The molecule has 2 aromatic rings. The number of allylic oxidation sites excluding steroid dienone is 3. The number of aldehydes is 1. The van der Waals surface area contributed by atoms with Crippen molar-refractivity contribution in [2.24, 2.45) is 5.92 Å². The molecule has 1 aliphatic rings. The van der Waals surface area contributed by atoms with Crippen LogP contribution in [0, 0.1) is 12.8 Å². The van der Waals surface area contributed by atoms with Crippen LogP contribution < -0.4 is 0 Å². The highest BCUT2D eigenvalue weighted by atomic mass is 32.1. The van der Waals surface area contributed by atoms with Gasteiger partial charge in [0.2, 0.25) is 0 Å². The zero-order chi connectivity index (χ0) is 23.5. The van der Waals surface area contributed by atoms with E-state index in [9.17, 15) is 13.6 Å². The van der Waals surface area contributed by atoms with Gasteiger partial charge in [-0.15, -0.1) is 11.3 Å². The Morgan fingerprint density at radius 3 is 2.44 bits per heavy atom. The molecule has 0 fully saturated rings. The Morgan fingerprint density at radius 2 is 1.88 bits per heavy atom. The van der Waals surface area contributed by atoms with Gasteiger partial charge in [-0.2, -0.15) is 0 Å². The Morgan fingerprint density at radius 1 is 1.19 bits per heavy atom. The van der Waals surface area contributed by atoms with Crippen LogP contribution in [-0.2, 0) is 23.6 Å². The Bertz CT molecular complexity index is 1020. The largest absolute Gasteiger partial charge is 0.303 e. The zero-order valence-corrected chi connectivity index (χ0v) is 20.7. The third-order valence-corrected chi connectivity index (χ3v) is 7.57. The SMILES string of the molecule is CC/C=C(C)/C(=C(/c1ccc(C(C)(F)F)cc1)c1c(C)sc2c1CCC2)C(C=O)CCC. The molecule has 1 aliphatic carbocycles. The maximum atomic E-state index is 13.9. The number of carbonyl (C=O) groups is 1. The van der Waals surface area contributed by atoms with E-state index in [0.29, 0.717) is 0 Å². The topological polar surface area (TPSA) is 17.1 Å². The van der Waals surface area contributed by atoms with Gasteiger partial charge >= 0.3 is 0 Å². The molecule has 32 heavy (non-hydrogen) atoms. The van der Waals surface area contributed by atoms with Crippen LogP contribution in [0.2, 0.25) is 0 Å². The number of alkyl halides is 2. The molecule has 172 valence electrons. The summed E-state index contributed by atoms with van der Waals surface area (Å²) in [6.07, 6.45) is 9.08. The normalized spacial score (nSPS) is 16.0. The van der Waals surface area contributed by atoms with Gasteiger partial charge in [-0.3, -0.25) is 0 Å². The summed E-state index contributed by atoms with van der Waals surface area (Å²) < 4.78 is 27.8. The summed E-state index contributed by atoms with van der Waals surface area (Å²) >= 11 is 1.85. The van der Waals surface area contributed by atoms with Crippen molar-refractivity contribution in [1.29, 1.82) is 0 Å². The molecule has 4 heteroatoms. The summed E-state index contributed by atoms with van der Waals surface area (Å²) in [7, 11) is 0. The van der Waals surface area contributed by atoms with Gasteiger partial charge in [-0.05, 0) is 73.8 Å². The van der Waals surface area contributed by atoms with Crippen molar-refractivity contribution in [3.05, 3.63) is 73.5 Å². The van der Waals surface area contributed by atoms with Gasteiger partial charge in [-0.1, -0.05) is 56.2 Å². The van der Waals surface area contributed by atoms with Crippen molar-refractivity contribution < 1.29 is 13.6 Å². The number of hydrogen-bond donors (Lipinski definition) is 0. The lowest BCUT2D eigenvalue weighted by Crippen LogP contribution is -2.12. The molecular weight excluding hydrogens is 422 g/mol. The first-order chi connectivity index (χ1) is 15.2. The van der Waals surface area contributed by atoms with E-state index < -0.39 is 5.92 Å². The van der Waals surface area contributed by atoms with Crippen LogP contribution in [0.25, 0.3) is 5.57 Å². The van der Waals surface area contributed by atoms with Gasteiger partial charge in [-0.25, -0.2) is 8.78 Å². The van der Waals surface area contributed by atoms with Gasteiger partial charge in [0.25, 0.3) is 5.92 Å². The fourth-order valence-corrected chi connectivity index (χ4v) is 6.19. The first-order valence-electron chi connectivity index (χ1n) is 11.7. The van der Waals surface area contributed by atoms with Crippen molar-refractivity contribution in [3.8, 4) is 0 Å². The molecule has 0 saturated carbocycles. The second-order valence-corrected chi connectivity index (χ2v) is 10.2. The maximum Gasteiger partial charge on any atom is 0.270 e. The molecule has 0 amide bonds. The maximum absolute atomic E-state index is 13.9. The van der Waals surface area contributed by atoms with Crippen LogP contribution in [0.15, 0.2) is 41.5 Å². The van der Waals surface area contributed by atoms with E-state index >= 15 is 0 Å². The highest BCUT2D eigenvalue weighted by Gasteiger charge is 2.29. The molecule has 0 spiro atoms. The summed E-state index contributed by atoms with van der Waals surface area (Å²) in [4.78, 5) is 15.0. The number of carbonyl (C=O) groups excluding carboxylic acids is 1. The minimum Gasteiger partial charge on any atom is -0.303 e. The minimum atomic E-state index is -2.88. The van der Waals surface area contributed by atoms with Crippen molar-refractivity contribution in [2.45, 2.75) is 79.1 Å². The molecule has 0 bridgehead atoms. The van der Waals surface area contributed by atoms with Crippen LogP contribution in [0.4, 0.5) is 8.78 Å². The molecule has 1 nitrogen and oxygen atoms in total. The minimum absolute atomic E-state index is 0.00994. The molecule has 1 aromatic carbocycles. The van der Waals surface area contributed by atoms with E-state index in [1.165, 1.54) is 33.0 Å². The predicted molar refractivity (Wildman–Crippen MR) is 132 cm³/mol. The average Bonchev–Trinajstić information content (AvgIpc) is 3.31. The molecule has 0 radical (unpaired) electrons. The van der Waals surface area contributed by atoms with Crippen LogP contribution in [0.1, 0.15) is 85.4 Å². The van der Waals surface area contributed by atoms with Gasteiger partial charge in [0, 0.05) is 28.2 Å². The van der Waals surface area contributed by atoms with Gasteiger partial charge in [0.15, 0.2) is 0 Å². The summed E-state index contributed by atoms with van der Waals surface area (Å²) in [5, 5.41) is 0. The molecule has 1 heterocycles. The number of halogens is 2. The van der Waals surface area contributed by atoms with Crippen molar-refractivity contribution in [2.75, 3.05) is 0 Å². The van der Waals surface area contributed by atoms with Crippen LogP contribution in [-0.4, -0.2) is 6.29 Å². The Kier molecular flexibility index (Phi) is 7.87. The number of aryl methyl sites for hydroxylation is 2. The molecule has 1 atom stereocenters. The van der Waals surface area contributed by atoms with Gasteiger partial charge < -0.3 is 4.79 Å². The number of rotatable bonds is 9. The molecule has 3 rings (SSSR count). The predicted octanol–water partition coefficient (Wildman–Crippen LogP) is 8.43.